The minimum Gasteiger partial charge on any atom is -0.373 e. The third kappa shape index (κ3) is 3.57. The van der Waals surface area contributed by atoms with Gasteiger partial charge in [0.05, 0.1) is 12.1 Å². The van der Waals surface area contributed by atoms with Crippen molar-refractivity contribution < 1.29 is 18.3 Å². The molecule has 0 aliphatic carbocycles. The molecule has 0 spiro atoms. The smallest absolute Gasteiger partial charge is 0.373 e. The van der Waals surface area contributed by atoms with Gasteiger partial charge in [-0.25, -0.2) is 9.97 Å². The first kappa shape index (κ1) is 17.6. The summed E-state index contributed by atoms with van der Waals surface area (Å²) in [4.78, 5) is 20.6. The molecule has 3 rings (SSSR count). The zero-order valence-electron chi connectivity index (χ0n) is 13.4. The van der Waals surface area contributed by atoms with Crippen molar-refractivity contribution in [2.45, 2.75) is 44.3 Å². The second-order valence-corrected chi connectivity index (χ2v) is 6.24. The van der Waals surface area contributed by atoms with Gasteiger partial charge in [-0.15, -0.1) is 0 Å². The van der Waals surface area contributed by atoms with Gasteiger partial charge in [0.15, 0.2) is 0 Å². The van der Waals surface area contributed by atoms with Gasteiger partial charge >= 0.3 is 6.18 Å². The van der Waals surface area contributed by atoms with Crippen LogP contribution in [0.4, 0.5) is 13.2 Å². The molecule has 1 aliphatic rings. The fraction of sp³-hybridized carbons (Fsp3) is 0.438. The fourth-order valence-corrected chi connectivity index (χ4v) is 3.19. The average molecular weight is 354 g/mol. The summed E-state index contributed by atoms with van der Waals surface area (Å²) >= 11 is 0. The number of hydrogen-bond acceptors (Lipinski definition) is 5. The highest BCUT2D eigenvalue weighted by molar-refractivity contribution is 5.23. The molecule has 1 aliphatic heterocycles. The molecule has 0 saturated carbocycles. The van der Waals surface area contributed by atoms with Crippen LogP contribution in [0.15, 0.2) is 35.5 Å². The zero-order chi connectivity index (χ0) is 18.2. The second kappa shape index (κ2) is 6.23. The van der Waals surface area contributed by atoms with Crippen LogP contribution in [0.1, 0.15) is 36.5 Å². The number of fused-ring (bicyclic) bond motifs is 1. The van der Waals surface area contributed by atoms with E-state index in [2.05, 4.69) is 15.3 Å². The normalized spacial score (nSPS) is 22.8. The van der Waals surface area contributed by atoms with Crippen LogP contribution in [-0.2, 0) is 18.5 Å². The number of hydrogen-bond donors (Lipinski definition) is 2. The molecule has 0 bridgehead atoms. The molecule has 2 unspecified atom stereocenters. The second-order valence-electron chi connectivity index (χ2n) is 6.24. The summed E-state index contributed by atoms with van der Waals surface area (Å²) in [5.74, 6) is 0. The maximum Gasteiger partial charge on any atom is 0.392 e. The maximum absolute atomic E-state index is 12.9. The Kier molecular flexibility index (Phi) is 4.38. The van der Waals surface area contributed by atoms with Gasteiger partial charge in [-0.05, 0) is 31.9 Å². The fourth-order valence-electron chi connectivity index (χ4n) is 3.19. The van der Waals surface area contributed by atoms with Crippen LogP contribution >= 0.6 is 0 Å². The molecule has 9 heteroatoms. The largest absolute Gasteiger partial charge is 0.392 e. The predicted octanol–water partition coefficient (Wildman–Crippen LogP) is 1.64. The van der Waals surface area contributed by atoms with Crippen LogP contribution in [-0.4, -0.2) is 25.8 Å². The summed E-state index contributed by atoms with van der Waals surface area (Å²) in [6.45, 7) is 1.26. The number of pyridine rings is 1. The van der Waals surface area contributed by atoms with E-state index in [0.29, 0.717) is 18.4 Å². The van der Waals surface area contributed by atoms with Crippen molar-refractivity contribution in [3.8, 4) is 0 Å². The lowest BCUT2D eigenvalue weighted by atomic mass is 10.1. The molecule has 2 N–H and O–H groups in total. The van der Waals surface area contributed by atoms with Crippen LogP contribution in [0.5, 0.6) is 0 Å². The van der Waals surface area contributed by atoms with Crippen LogP contribution in [0.2, 0.25) is 0 Å². The van der Waals surface area contributed by atoms with Gasteiger partial charge < -0.3 is 5.11 Å². The van der Waals surface area contributed by atoms with E-state index in [0.717, 1.165) is 10.3 Å². The number of aryl methyl sites for hydroxylation is 2. The Balaban J connectivity index is 1.93. The molecule has 0 fully saturated rings. The van der Waals surface area contributed by atoms with Gasteiger partial charge in [0.25, 0.3) is 5.56 Å². The average Bonchev–Trinajstić information content (AvgIpc) is 2.76. The minimum absolute atomic E-state index is 0.127. The van der Waals surface area contributed by atoms with Gasteiger partial charge in [-0.3, -0.25) is 14.7 Å². The summed E-state index contributed by atoms with van der Waals surface area (Å²) < 4.78 is 39.8. The van der Waals surface area contributed by atoms with E-state index in [4.69, 9.17) is 0 Å². The molecule has 134 valence electrons. The summed E-state index contributed by atoms with van der Waals surface area (Å²) in [6.07, 6.45) is -3.31. The highest BCUT2D eigenvalue weighted by Crippen LogP contribution is 2.36. The Bertz CT molecular complexity index is 822. The number of alkyl halides is 3. The van der Waals surface area contributed by atoms with Crippen LogP contribution in [0, 0.1) is 0 Å². The van der Waals surface area contributed by atoms with Crippen LogP contribution in [0.3, 0.4) is 0 Å². The SMILES string of the molecule is CC1(CC(F)(F)F)NC(O)c2ccc(CCc3ccncn3)c(=O)n21. The first-order valence-corrected chi connectivity index (χ1v) is 7.72. The van der Waals surface area contributed by atoms with Crippen molar-refractivity contribution in [2.75, 3.05) is 0 Å². The molecular formula is C16H17F3N4O2. The monoisotopic (exact) mass is 354 g/mol. The maximum atomic E-state index is 12.9. The molecular weight excluding hydrogens is 337 g/mol. The van der Waals surface area contributed by atoms with E-state index < -0.39 is 30.0 Å². The number of nitrogens with zero attached hydrogens (tertiary/aromatic N) is 3. The Morgan fingerprint density at radius 1 is 1.32 bits per heavy atom. The van der Waals surface area contributed by atoms with Crippen molar-refractivity contribution in [1.29, 1.82) is 0 Å². The Labute approximate surface area is 141 Å². The number of nitrogens with one attached hydrogen (secondary N) is 1. The molecule has 0 radical (unpaired) electrons. The summed E-state index contributed by atoms with van der Waals surface area (Å²) in [7, 11) is 0. The number of aromatic nitrogens is 3. The minimum atomic E-state index is -4.49. The number of aliphatic hydroxyl groups is 1. The zero-order valence-corrected chi connectivity index (χ0v) is 13.4. The van der Waals surface area contributed by atoms with Gasteiger partial charge in [0, 0.05) is 17.5 Å². The standard InChI is InChI=1S/C16H17F3N4O2/c1-15(8-16(17,18)19)22-13(24)12-5-3-10(14(25)23(12)15)2-4-11-6-7-20-9-21-11/h3,5-7,9,13,22,24H,2,4,8H2,1H3. The van der Waals surface area contributed by atoms with Crippen LogP contribution < -0.4 is 10.9 Å². The van der Waals surface area contributed by atoms with Gasteiger partial charge in [-0.2, -0.15) is 13.2 Å². The van der Waals surface area contributed by atoms with E-state index >= 15 is 0 Å². The highest BCUT2D eigenvalue weighted by atomic mass is 19.4. The van der Waals surface area contributed by atoms with E-state index in [-0.39, 0.29) is 5.69 Å². The van der Waals surface area contributed by atoms with Crippen molar-refractivity contribution in [3.63, 3.8) is 0 Å². The van der Waals surface area contributed by atoms with E-state index in [1.54, 1.807) is 18.3 Å². The molecule has 6 nitrogen and oxygen atoms in total. The lowest BCUT2D eigenvalue weighted by Gasteiger charge is -2.29. The Morgan fingerprint density at radius 3 is 2.72 bits per heavy atom. The molecule has 3 heterocycles. The van der Waals surface area contributed by atoms with Crippen LogP contribution in [0.25, 0.3) is 0 Å². The van der Waals surface area contributed by atoms with Crippen molar-refractivity contribution in [3.05, 3.63) is 58.0 Å². The summed E-state index contributed by atoms with van der Waals surface area (Å²) in [6, 6.07) is 4.74. The van der Waals surface area contributed by atoms with Crippen molar-refractivity contribution in [2.24, 2.45) is 0 Å². The quantitative estimate of drug-likeness (QED) is 0.873. The number of aliphatic hydroxyl groups excluding tert-OH is 1. The Morgan fingerprint density at radius 2 is 2.08 bits per heavy atom. The predicted molar refractivity (Wildman–Crippen MR) is 82.6 cm³/mol. The molecule has 0 saturated heterocycles. The summed E-state index contributed by atoms with van der Waals surface area (Å²) in [5.41, 5.74) is -1.04. The molecule has 2 aromatic rings. The third-order valence-electron chi connectivity index (χ3n) is 4.25. The number of rotatable bonds is 4. The van der Waals surface area contributed by atoms with Gasteiger partial charge in [0.1, 0.15) is 18.2 Å². The lowest BCUT2D eigenvalue weighted by Crippen LogP contribution is -2.47. The molecule has 0 amide bonds. The lowest BCUT2D eigenvalue weighted by molar-refractivity contribution is -0.158. The van der Waals surface area contributed by atoms with Crippen molar-refractivity contribution in [1.82, 2.24) is 19.9 Å². The van der Waals surface area contributed by atoms with Gasteiger partial charge in [0.2, 0.25) is 0 Å². The third-order valence-corrected chi connectivity index (χ3v) is 4.25. The van der Waals surface area contributed by atoms with Gasteiger partial charge in [-0.1, -0.05) is 6.07 Å². The first-order valence-electron chi connectivity index (χ1n) is 7.72. The topological polar surface area (TPSA) is 80.0 Å². The molecule has 2 aromatic heterocycles. The van der Waals surface area contributed by atoms with E-state index in [1.165, 1.54) is 19.3 Å². The highest BCUT2D eigenvalue weighted by Gasteiger charge is 2.47. The molecule has 0 aromatic carbocycles. The first-order chi connectivity index (χ1) is 11.7. The summed E-state index contributed by atoms with van der Waals surface area (Å²) in [5, 5.41) is 12.5. The molecule has 25 heavy (non-hydrogen) atoms. The van der Waals surface area contributed by atoms with Crippen molar-refractivity contribution >= 4 is 0 Å². The van der Waals surface area contributed by atoms with E-state index in [1.807, 2.05) is 0 Å². The number of halogens is 3. The molecule has 2 atom stereocenters. The Hall–Kier alpha value is -2.26. The van der Waals surface area contributed by atoms with E-state index in [9.17, 15) is 23.1 Å².